The first-order chi connectivity index (χ1) is 10.0. The minimum atomic E-state index is -0.695. The van der Waals surface area contributed by atoms with Crippen LogP contribution in [0, 0.1) is 5.92 Å². The number of para-hydroxylation sites is 1. The molecule has 1 rings (SSSR count). The van der Waals surface area contributed by atoms with Crippen molar-refractivity contribution in [2.45, 2.75) is 40.5 Å². The van der Waals surface area contributed by atoms with Crippen LogP contribution in [0.25, 0.3) is 0 Å². The Balaban J connectivity index is -0.000000237. The molecule has 0 amide bonds. The fraction of sp³-hybridized carbons (Fsp3) is 0.562. The van der Waals surface area contributed by atoms with Crippen LogP contribution in [0.1, 0.15) is 40.5 Å². The van der Waals surface area contributed by atoms with Crippen LogP contribution in [0.5, 0.6) is 5.75 Å². The maximum absolute atomic E-state index is 9.97. The monoisotopic (exact) mass is 301 g/mol. The zero-order chi connectivity index (χ0) is 17.1. The van der Waals surface area contributed by atoms with E-state index in [9.17, 15) is 4.79 Å². The fourth-order valence-electron chi connectivity index (χ4n) is 0.999. The van der Waals surface area contributed by atoms with Crippen molar-refractivity contribution >= 4 is 5.97 Å². The van der Waals surface area contributed by atoms with Crippen molar-refractivity contribution in [2.75, 3.05) is 14.2 Å². The highest BCUT2D eigenvalue weighted by Gasteiger charge is 2.02. The third kappa shape index (κ3) is 23.9. The molecule has 5 heteroatoms. The summed E-state index contributed by atoms with van der Waals surface area (Å²) in [6.07, 6.45) is 1.25. The lowest BCUT2D eigenvalue weighted by atomic mass is 10.1. The van der Waals surface area contributed by atoms with Gasteiger partial charge in [-0.2, -0.15) is 0 Å². The molecular weight excluding hydrogens is 270 g/mol. The molecule has 21 heavy (non-hydrogen) atoms. The van der Waals surface area contributed by atoms with E-state index in [1.54, 1.807) is 7.11 Å². The largest absolute Gasteiger partial charge is 0.497 e. The predicted molar refractivity (Wildman–Crippen MR) is 87.2 cm³/mol. The van der Waals surface area contributed by atoms with Crippen LogP contribution < -0.4 is 10.6 Å². The van der Waals surface area contributed by atoms with E-state index in [4.69, 9.17) is 9.84 Å². The standard InChI is InChI=1S/C7H8O.C6H12O2.C2H6.CH5NO/c1-8-7-5-3-2-4-6-7;1-3-5(2)4-6(7)8;1-2;1-3-2/h2-6H,1H3;5H,3-4H2,1-2H3,(H,7,8);1-2H3;2H2,1H3. The summed E-state index contributed by atoms with van der Waals surface area (Å²) >= 11 is 0. The van der Waals surface area contributed by atoms with E-state index in [1.807, 2.05) is 58.0 Å². The van der Waals surface area contributed by atoms with Crippen molar-refractivity contribution in [1.82, 2.24) is 0 Å². The minimum Gasteiger partial charge on any atom is -0.497 e. The quantitative estimate of drug-likeness (QED) is 0.828. The van der Waals surface area contributed by atoms with Gasteiger partial charge in [-0.15, -0.1) is 0 Å². The molecule has 5 nitrogen and oxygen atoms in total. The van der Waals surface area contributed by atoms with Gasteiger partial charge in [-0.25, -0.2) is 5.90 Å². The highest BCUT2D eigenvalue weighted by molar-refractivity contribution is 5.66. The Morgan fingerprint density at radius 3 is 1.86 bits per heavy atom. The summed E-state index contributed by atoms with van der Waals surface area (Å²) < 4.78 is 4.91. The molecule has 0 aliphatic carbocycles. The van der Waals surface area contributed by atoms with Crippen molar-refractivity contribution < 1.29 is 19.5 Å². The number of hydrogen-bond acceptors (Lipinski definition) is 4. The number of carbonyl (C=O) groups is 1. The van der Waals surface area contributed by atoms with Crippen LogP contribution in [-0.4, -0.2) is 25.3 Å². The second-order valence-electron chi connectivity index (χ2n) is 3.86. The van der Waals surface area contributed by atoms with Crippen LogP contribution in [-0.2, 0) is 9.63 Å². The number of methoxy groups -OCH3 is 1. The zero-order valence-corrected chi connectivity index (χ0v) is 14.1. The van der Waals surface area contributed by atoms with Crippen molar-refractivity contribution in [1.29, 1.82) is 0 Å². The molecule has 0 fully saturated rings. The number of rotatable bonds is 4. The SMILES string of the molecule is CC.CCC(C)CC(=O)O.CON.COc1ccccc1. The number of benzene rings is 1. The molecule has 3 N–H and O–H groups in total. The Kier molecular flexibility index (Phi) is 24.1. The molecule has 1 atom stereocenters. The van der Waals surface area contributed by atoms with Crippen LogP contribution in [0.15, 0.2) is 30.3 Å². The summed E-state index contributed by atoms with van der Waals surface area (Å²) in [5, 5.41) is 8.22. The van der Waals surface area contributed by atoms with Crippen molar-refractivity contribution in [2.24, 2.45) is 11.8 Å². The first-order valence-electron chi connectivity index (χ1n) is 7.05. The lowest BCUT2D eigenvalue weighted by Crippen LogP contribution is -2.02. The van der Waals surface area contributed by atoms with Gasteiger partial charge in [0.2, 0.25) is 0 Å². The highest BCUT2D eigenvalue weighted by atomic mass is 16.6. The van der Waals surface area contributed by atoms with Crippen LogP contribution >= 0.6 is 0 Å². The number of ether oxygens (including phenoxy) is 1. The molecule has 1 unspecified atom stereocenters. The first kappa shape index (κ1) is 24.4. The Morgan fingerprint density at radius 1 is 1.24 bits per heavy atom. The molecule has 1 aromatic rings. The van der Waals surface area contributed by atoms with E-state index in [-0.39, 0.29) is 0 Å². The second-order valence-corrected chi connectivity index (χ2v) is 3.86. The Hall–Kier alpha value is -1.59. The van der Waals surface area contributed by atoms with Gasteiger partial charge in [0.25, 0.3) is 0 Å². The van der Waals surface area contributed by atoms with Crippen LogP contribution in [0.2, 0.25) is 0 Å². The summed E-state index contributed by atoms with van der Waals surface area (Å²) in [7, 11) is 3.06. The highest BCUT2D eigenvalue weighted by Crippen LogP contribution is 2.05. The predicted octanol–water partition coefficient (Wildman–Crippen LogP) is 3.74. The van der Waals surface area contributed by atoms with E-state index in [0.29, 0.717) is 12.3 Å². The number of carboxylic acids is 1. The summed E-state index contributed by atoms with van der Waals surface area (Å²) in [6.45, 7) is 7.93. The Morgan fingerprint density at radius 2 is 1.67 bits per heavy atom. The average Bonchev–Trinajstić information content (AvgIpc) is 2.51. The lowest BCUT2D eigenvalue weighted by molar-refractivity contribution is -0.137. The molecule has 0 aliphatic heterocycles. The number of hydrogen-bond donors (Lipinski definition) is 2. The molecular formula is C16H31NO4. The van der Waals surface area contributed by atoms with Crippen molar-refractivity contribution in [3.05, 3.63) is 30.3 Å². The number of carboxylic acid groups (broad SMARTS) is 1. The summed E-state index contributed by atoms with van der Waals surface area (Å²) in [4.78, 5) is 13.7. The van der Waals surface area contributed by atoms with E-state index >= 15 is 0 Å². The smallest absolute Gasteiger partial charge is 0.303 e. The minimum absolute atomic E-state index is 0.302. The first-order valence-corrected chi connectivity index (χ1v) is 7.05. The average molecular weight is 301 g/mol. The molecule has 0 aliphatic rings. The topological polar surface area (TPSA) is 81.8 Å². The van der Waals surface area contributed by atoms with E-state index in [1.165, 1.54) is 7.11 Å². The molecule has 0 saturated heterocycles. The van der Waals surface area contributed by atoms with Gasteiger partial charge in [0.15, 0.2) is 0 Å². The molecule has 1 aromatic carbocycles. The Labute approximate surface area is 129 Å². The van der Waals surface area contributed by atoms with Crippen molar-refractivity contribution in [3.8, 4) is 5.75 Å². The molecule has 0 heterocycles. The third-order valence-electron chi connectivity index (χ3n) is 2.20. The van der Waals surface area contributed by atoms with Gasteiger partial charge in [0.1, 0.15) is 5.75 Å². The van der Waals surface area contributed by atoms with Crippen molar-refractivity contribution in [3.63, 3.8) is 0 Å². The number of aliphatic carboxylic acids is 1. The van der Waals surface area contributed by atoms with Crippen LogP contribution in [0.4, 0.5) is 0 Å². The van der Waals surface area contributed by atoms with Gasteiger partial charge in [0, 0.05) is 6.42 Å². The third-order valence-corrected chi connectivity index (χ3v) is 2.20. The zero-order valence-electron chi connectivity index (χ0n) is 14.1. The summed E-state index contributed by atoms with van der Waals surface area (Å²) in [6, 6.07) is 9.68. The van der Waals surface area contributed by atoms with Gasteiger partial charge >= 0.3 is 5.97 Å². The second kappa shape index (κ2) is 20.7. The van der Waals surface area contributed by atoms with E-state index < -0.39 is 5.97 Å². The van der Waals surface area contributed by atoms with Gasteiger partial charge in [-0.1, -0.05) is 52.3 Å². The maximum atomic E-state index is 9.97. The lowest BCUT2D eigenvalue weighted by Gasteiger charge is -2.00. The maximum Gasteiger partial charge on any atom is 0.303 e. The van der Waals surface area contributed by atoms with Gasteiger partial charge in [0.05, 0.1) is 14.2 Å². The molecule has 0 spiro atoms. The van der Waals surface area contributed by atoms with E-state index in [0.717, 1.165) is 12.2 Å². The van der Waals surface area contributed by atoms with Crippen LogP contribution in [0.3, 0.4) is 0 Å². The normalized spacial score (nSPS) is 9.48. The molecule has 124 valence electrons. The van der Waals surface area contributed by atoms with E-state index in [2.05, 4.69) is 10.7 Å². The fourth-order valence-corrected chi connectivity index (χ4v) is 0.999. The summed E-state index contributed by atoms with van der Waals surface area (Å²) in [5.41, 5.74) is 0. The molecule has 0 radical (unpaired) electrons. The Bertz CT molecular complexity index is 304. The van der Waals surface area contributed by atoms with Gasteiger partial charge < -0.3 is 14.7 Å². The molecule has 0 aromatic heterocycles. The van der Waals surface area contributed by atoms with Gasteiger partial charge in [-0.3, -0.25) is 4.79 Å². The molecule has 0 bridgehead atoms. The molecule has 0 saturated carbocycles. The van der Waals surface area contributed by atoms with Gasteiger partial charge in [-0.05, 0) is 18.1 Å². The summed E-state index contributed by atoms with van der Waals surface area (Å²) in [5.74, 6) is 4.89. The number of nitrogens with two attached hydrogens (primary N) is 1.